The molecule has 7 nitrogen and oxygen atoms in total. The van der Waals surface area contributed by atoms with Crippen LogP contribution < -0.4 is 10.0 Å². The van der Waals surface area contributed by atoms with Crippen LogP contribution in [0.2, 0.25) is 0 Å². The van der Waals surface area contributed by atoms with E-state index < -0.39 is 21.9 Å². The summed E-state index contributed by atoms with van der Waals surface area (Å²) in [5.74, 6) is -1.33. The van der Waals surface area contributed by atoms with Gasteiger partial charge in [0.1, 0.15) is 0 Å². The molecule has 1 amide bonds. The van der Waals surface area contributed by atoms with Crippen LogP contribution in [0.25, 0.3) is 0 Å². The molecule has 3 N–H and O–H groups in total. The molecule has 1 aliphatic rings. The fraction of sp³-hybridized carbons (Fsp3) is 0.529. The first-order chi connectivity index (χ1) is 11.8. The zero-order valence-corrected chi connectivity index (χ0v) is 15.1. The van der Waals surface area contributed by atoms with Crippen molar-refractivity contribution in [3.8, 4) is 0 Å². The van der Waals surface area contributed by atoms with Crippen LogP contribution in [0.3, 0.4) is 0 Å². The fourth-order valence-electron chi connectivity index (χ4n) is 2.90. The number of hydrogen-bond donors (Lipinski definition) is 3. The van der Waals surface area contributed by atoms with E-state index in [-0.39, 0.29) is 29.5 Å². The van der Waals surface area contributed by atoms with Crippen LogP contribution in [-0.2, 0) is 14.8 Å². The molecule has 8 heteroatoms. The molecule has 2 rings (SSSR count). The number of rotatable bonds is 8. The highest BCUT2D eigenvalue weighted by atomic mass is 32.2. The van der Waals surface area contributed by atoms with Gasteiger partial charge in [-0.1, -0.05) is 18.9 Å². The molecule has 1 aromatic carbocycles. The lowest BCUT2D eigenvalue weighted by atomic mass is 10.1. The van der Waals surface area contributed by atoms with Crippen LogP contribution in [0.15, 0.2) is 23.1 Å². The van der Waals surface area contributed by atoms with E-state index in [9.17, 15) is 18.0 Å². The zero-order valence-electron chi connectivity index (χ0n) is 14.2. The standard InChI is InChI=1S/C17H24N2O5S/c1-12-8-9-13(17(22)18-10-4-7-16(20)21)11-15(12)25(23,24)19-14-5-2-3-6-14/h8-9,11,14,19H,2-7,10H2,1H3,(H,18,22)(H,20,21). The van der Waals surface area contributed by atoms with Crippen molar-refractivity contribution < 1.29 is 23.1 Å². The quantitative estimate of drug-likeness (QED) is 0.606. The number of amides is 1. The van der Waals surface area contributed by atoms with Gasteiger partial charge < -0.3 is 10.4 Å². The van der Waals surface area contributed by atoms with Crippen molar-refractivity contribution >= 4 is 21.9 Å². The molecule has 25 heavy (non-hydrogen) atoms. The molecule has 0 aromatic heterocycles. The molecule has 0 unspecified atom stereocenters. The van der Waals surface area contributed by atoms with E-state index in [1.54, 1.807) is 19.1 Å². The summed E-state index contributed by atoms with van der Waals surface area (Å²) in [6.07, 6.45) is 4.00. The molecular formula is C17H24N2O5S. The molecule has 0 radical (unpaired) electrons. The predicted molar refractivity (Wildman–Crippen MR) is 93.0 cm³/mol. The zero-order chi connectivity index (χ0) is 18.4. The van der Waals surface area contributed by atoms with E-state index in [1.807, 2.05) is 0 Å². The minimum absolute atomic E-state index is 0.0287. The first-order valence-corrected chi connectivity index (χ1v) is 9.91. The van der Waals surface area contributed by atoms with Crippen LogP contribution in [0.5, 0.6) is 0 Å². The molecule has 1 saturated carbocycles. The minimum atomic E-state index is -3.67. The van der Waals surface area contributed by atoms with Crippen molar-refractivity contribution in [2.45, 2.75) is 56.4 Å². The van der Waals surface area contributed by atoms with Crippen LogP contribution in [-0.4, -0.2) is 38.0 Å². The van der Waals surface area contributed by atoms with Crippen molar-refractivity contribution in [1.29, 1.82) is 0 Å². The van der Waals surface area contributed by atoms with Gasteiger partial charge in [-0.05, 0) is 43.9 Å². The van der Waals surface area contributed by atoms with Crippen LogP contribution in [0, 0.1) is 6.92 Å². The van der Waals surface area contributed by atoms with E-state index in [0.29, 0.717) is 12.0 Å². The summed E-state index contributed by atoms with van der Waals surface area (Å²) in [6, 6.07) is 4.50. The Morgan fingerprint density at radius 3 is 2.56 bits per heavy atom. The summed E-state index contributed by atoms with van der Waals surface area (Å²) >= 11 is 0. The average Bonchev–Trinajstić information content (AvgIpc) is 3.03. The van der Waals surface area contributed by atoms with Crippen molar-refractivity contribution in [2.24, 2.45) is 0 Å². The topological polar surface area (TPSA) is 113 Å². The average molecular weight is 368 g/mol. The molecule has 0 spiro atoms. The lowest BCUT2D eigenvalue weighted by Crippen LogP contribution is -2.33. The third-order valence-electron chi connectivity index (χ3n) is 4.27. The summed E-state index contributed by atoms with van der Waals surface area (Å²) in [6.45, 7) is 1.92. The molecule has 0 aliphatic heterocycles. The Labute approximate surface area is 147 Å². The van der Waals surface area contributed by atoms with E-state index in [1.165, 1.54) is 6.07 Å². The highest BCUT2D eigenvalue weighted by molar-refractivity contribution is 7.89. The number of hydrogen-bond acceptors (Lipinski definition) is 4. The Morgan fingerprint density at radius 2 is 1.92 bits per heavy atom. The van der Waals surface area contributed by atoms with Crippen molar-refractivity contribution in [1.82, 2.24) is 10.0 Å². The van der Waals surface area contributed by atoms with Crippen molar-refractivity contribution in [2.75, 3.05) is 6.54 Å². The largest absolute Gasteiger partial charge is 0.481 e. The van der Waals surface area contributed by atoms with Gasteiger partial charge in [-0.25, -0.2) is 13.1 Å². The number of aryl methyl sites for hydroxylation is 1. The molecule has 0 saturated heterocycles. The van der Waals surface area contributed by atoms with E-state index in [0.717, 1.165) is 25.7 Å². The smallest absolute Gasteiger partial charge is 0.303 e. The summed E-state index contributed by atoms with van der Waals surface area (Å²) in [5, 5.41) is 11.2. The number of carbonyl (C=O) groups is 2. The van der Waals surface area contributed by atoms with Crippen LogP contribution >= 0.6 is 0 Å². The van der Waals surface area contributed by atoms with Gasteiger partial charge in [-0.15, -0.1) is 0 Å². The second-order valence-corrected chi connectivity index (χ2v) is 8.02. The third-order valence-corrected chi connectivity index (χ3v) is 5.93. The maximum atomic E-state index is 12.6. The number of carbonyl (C=O) groups excluding carboxylic acids is 1. The summed E-state index contributed by atoms with van der Waals surface area (Å²) in [4.78, 5) is 22.7. The molecule has 0 bridgehead atoms. The Balaban J connectivity index is 2.08. The van der Waals surface area contributed by atoms with E-state index >= 15 is 0 Å². The third kappa shape index (κ3) is 5.54. The highest BCUT2D eigenvalue weighted by Gasteiger charge is 2.25. The van der Waals surface area contributed by atoms with E-state index in [4.69, 9.17) is 5.11 Å². The Hall–Kier alpha value is -1.93. The second-order valence-electron chi connectivity index (χ2n) is 6.34. The van der Waals surface area contributed by atoms with Gasteiger partial charge in [0.2, 0.25) is 10.0 Å². The summed E-state index contributed by atoms with van der Waals surface area (Å²) < 4.78 is 27.9. The van der Waals surface area contributed by atoms with Gasteiger partial charge in [0.25, 0.3) is 5.91 Å². The predicted octanol–water partition coefficient (Wildman–Crippen LogP) is 1.81. The Bertz CT molecular complexity index is 739. The molecule has 1 aromatic rings. The van der Waals surface area contributed by atoms with Crippen LogP contribution in [0.1, 0.15) is 54.4 Å². The summed E-state index contributed by atoms with van der Waals surface area (Å²) in [5.41, 5.74) is 0.820. The first kappa shape index (κ1) is 19.4. The maximum Gasteiger partial charge on any atom is 0.303 e. The Morgan fingerprint density at radius 1 is 1.24 bits per heavy atom. The molecule has 138 valence electrons. The maximum absolute atomic E-state index is 12.6. The SMILES string of the molecule is Cc1ccc(C(=O)NCCCC(=O)O)cc1S(=O)(=O)NC1CCCC1. The number of sulfonamides is 1. The summed E-state index contributed by atoms with van der Waals surface area (Å²) in [7, 11) is -3.67. The highest BCUT2D eigenvalue weighted by Crippen LogP contribution is 2.22. The molecule has 0 atom stereocenters. The first-order valence-electron chi connectivity index (χ1n) is 8.42. The molecule has 0 heterocycles. The second kappa shape index (κ2) is 8.44. The number of nitrogens with one attached hydrogen (secondary N) is 2. The van der Waals surface area contributed by atoms with Crippen molar-refractivity contribution in [3.05, 3.63) is 29.3 Å². The normalized spacial score (nSPS) is 15.2. The molecule has 1 aliphatic carbocycles. The molecule has 1 fully saturated rings. The van der Waals surface area contributed by atoms with Gasteiger partial charge in [0.05, 0.1) is 4.90 Å². The monoisotopic (exact) mass is 368 g/mol. The van der Waals surface area contributed by atoms with Crippen LogP contribution in [0.4, 0.5) is 0 Å². The number of aliphatic carboxylic acids is 1. The number of benzene rings is 1. The number of carboxylic acids is 1. The lowest BCUT2D eigenvalue weighted by Gasteiger charge is -2.15. The van der Waals surface area contributed by atoms with Gasteiger partial charge in [0.15, 0.2) is 0 Å². The van der Waals surface area contributed by atoms with Crippen molar-refractivity contribution in [3.63, 3.8) is 0 Å². The number of carboxylic acid groups (broad SMARTS) is 1. The van der Waals surface area contributed by atoms with Gasteiger partial charge in [-0.3, -0.25) is 9.59 Å². The van der Waals surface area contributed by atoms with Gasteiger partial charge >= 0.3 is 5.97 Å². The van der Waals surface area contributed by atoms with Gasteiger partial charge in [0, 0.05) is 24.6 Å². The van der Waals surface area contributed by atoms with Gasteiger partial charge in [-0.2, -0.15) is 0 Å². The Kier molecular flexibility index (Phi) is 6.55. The lowest BCUT2D eigenvalue weighted by molar-refractivity contribution is -0.137. The minimum Gasteiger partial charge on any atom is -0.481 e. The fourth-order valence-corrected chi connectivity index (χ4v) is 4.48. The molecular weight excluding hydrogens is 344 g/mol. The van der Waals surface area contributed by atoms with E-state index in [2.05, 4.69) is 10.0 Å².